The number of aliphatic imine (C=N–C) groups is 1. The molecule has 0 saturated carbocycles. The number of benzene rings is 2. The second-order valence-corrected chi connectivity index (χ2v) is 11.0. The molecule has 2 aromatic carbocycles. The minimum Gasteiger partial charge on any atom is -0.428 e. The Morgan fingerprint density at radius 1 is 1.00 bits per heavy atom. The molecule has 1 saturated heterocycles. The summed E-state index contributed by atoms with van der Waals surface area (Å²) in [5.74, 6) is 0.00574. The van der Waals surface area contributed by atoms with Gasteiger partial charge in [0.2, 0.25) is 0 Å². The number of piperazine rings is 1. The minimum atomic E-state index is -0.141. The highest BCUT2D eigenvalue weighted by Gasteiger charge is 2.31. The van der Waals surface area contributed by atoms with Gasteiger partial charge in [0.15, 0.2) is 5.43 Å². The smallest absolute Gasteiger partial charge is 0.199 e. The molecular formula is C27H29Cl3N4O2. The number of halogens is 3. The van der Waals surface area contributed by atoms with Crippen molar-refractivity contribution in [3.05, 3.63) is 78.5 Å². The van der Waals surface area contributed by atoms with Crippen LogP contribution in [-0.2, 0) is 6.42 Å². The molecule has 1 unspecified atom stereocenters. The molecule has 0 radical (unpaired) electrons. The predicted octanol–water partition coefficient (Wildman–Crippen LogP) is 5.36. The molecule has 0 spiro atoms. The third-order valence-corrected chi connectivity index (χ3v) is 8.29. The lowest BCUT2D eigenvalue weighted by Crippen LogP contribution is -2.44. The Bertz CT molecular complexity index is 1380. The summed E-state index contributed by atoms with van der Waals surface area (Å²) in [5.41, 5.74) is 3.08. The SMILES string of the molecule is CN1CCN(CCCN=C2CC(c3ccc(Cl)c(Cl)c3)Cc3c2c(=O)c2cc(Cl)ccc2n3O)CC1. The molecule has 1 aromatic heterocycles. The molecule has 6 nitrogen and oxygen atoms in total. The van der Waals surface area contributed by atoms with Crippen molar-refractivity contribution in [2.45, 2.75) is 25.2 Å². The Labute approximate surface area is 225 Å². The van der Waals surface area contributed by atoms with Gasteiger partial charge in [0, 0.05) is 43.5 Å². The van der Waals surface area contributed by atoms with Crippen LogP contribution in [0.2, 0.25) is 15.1 Å². The van der Waals surface area contributed by atoms with Gasteiger partial charge in [-0.05, 0) is 74.7 Å². The first-order valence-electron chi connectivity index (χ1n) is 12.3. The number of nitrogens with zero attached hydrogens (tertiary/aromatic N) is 4. The van der Waals surface area contributed by atoms with Crippen molar-refractivity contribution in [3.8, 4) is 0 Å². The monoisotopic (exact) mass is 546 g/mol. The summed E-state index contributed by atoms with van der Waals surface area (Å²) in [6.07, 6.45) is 1.98. The molecule has 0 amide bonds. The highest BCUT2D eigenvalue weighted by atomic mass is 35.5. The molecular weight excluding hydrogens is 519 g/mol. The summed E-state index contributed by atoms with van der Waals surface area (Å²) in [6.45, 7) is 5.89. The van der Waals surface area contributed by atoms with E-state index in [9.17, 15) is 10.0 Å². The van der Waals surface area contributed by atoms with Gasteiger partial charge in [-0.2, -0.15) is 4.73 Å². The molecule has 1 aliphatic heterocycles. The van der Waals surface area contributed by atoms with Gasteiger partial charge >= 0.3 is 0 Å². The van der Waals surface area contributed by atoms with Crippen LogP contribution in [0.1, 0.15) is 35.6 Å². The lowest BCUT2D eigenvalue weighted by atomic mass is 9.80. The number of pyridine rings is 1. The van der Waals surface area contributed by atoms with E-state index in [1.54, 1.807) is 24.3 Å². The molecule has 1 aliphatic carbocycles. The fraction of sp³-hybridized carbons (Fsp3) is 0.407. The van der Waals surface area contributed by atoms with Gasteiger partial charge in [-0.25, -0.2) is 0 Å². The maximum atomic E-state index is 13.6. The van der Waals surface area contributed by atoms with Crippen molar-refractivity contribution in [2.24, 2.45) is 4.99 Å². The largest absolute Gasteiger partial charge is 0.428 e. The highest BCUT2D eigenvalue weighted by Crippen LogP contribution is 2.36. The van der Waals surface area contributed by atoms with Crippen molar-refractivity contribution >= 4 is 51.4 Å². The molecule has 0 bridgehead atoms. The zero-order chi connectivity index (χ0) is 25.4. The van der Waals surface area contributed by atoms with E-state index < -0.39 is 0 Å². The van der Waals surface area contributed by atoms with E-state index in [1.807, 2.05) is 12.1 Å². The van der Waals surface area contributed by atoms with Crippen molar-refractivity contribution < 1.29 is 5.21 Å². The summed E-state index contributed by atoms with van der Waals surface area (Å²) < 4.78 is 1.13. The molecule has 2 aliphatic rings. The normalized spacial score (nSPS) is 20.2. The number of rotatable bonds is 5. The summed E-state index contributed by atoms with van der Waals surface area (Å²) in [6, 6.07) is 10.6. The number of hydrogen-bond acceptors (Lipinski definition) is 5. The Hall–Kier alpha value is -2.09. The van der Waals surface area contributed by atoms with Crippen LogP contribution in [0.25, 0.3) is 10.9 Å². The molecule has 1 N–H and O–H groups in total. The summed E-state index contributed by atoms with van der Waals surface area (Å²) in [7, 11) is 2.15. The van der Waals surface area contributed by atoms with E-state index in [4.69, 9.17) is 39.8 Å². The van der Waals surface area contributed by atoms with Crippen molar-refractivity contribution in [1.29, 1.82) is 0 Å². The first-order valence-corrected chi connectivity index (χ1v) is 13.4. The fourth-order valence-corrected chi connectivity index (χ4v) is 5.72. The molecule has 9 heteroatoms. The van der Waals surface area contributed by atoms with Crippen LogP contribution < -0.4 is 5.43 Å². The minimum absolute atomic E-state index is 0.00574. The van der Waals surface area contributed by atoms with E-state index in [1.165, 1.54) is 0 Å². The lowest BCUT2D eigenvalue weighted by Gasteiger charge is -2.32. The quantitative estimate of drug-likeness (QED) is 0.345. The van der Waals surface area contributed by atoms with Gasteiger partial charge in [-0.15, -0.1) is 0 Å². The van der Waals surface area contributed by atoms with Crippen molar-refractivity contribution in [2.75, 3.05) is 46.3 Å². The van der Waals surface area contributed by atoms with Gasteiger partial charge in [-0.3, -0.25) is 9.79 Å². The van der Waals surface area contributed by atoms with Crippen LogP contribution in [-0.4, -0.2) is 71.8 Å². The second kappa shape index (κ2) is 10.7. The third-order valence-electron chi connectivity index (χ3n) is 7.32. The van der Waals surface area contributed by atoms with E-state index in [0.29, 0.717) is 56.6 Å². The van der Waals surface area contributed by atoms with E-state index in [0.717, 1.165) is 55.2 Å². The first kappa shape index (κ1) is 25.6. The van der Waals surface area contributed by atoms with Gasteiger partial charge < -0.3 is 15.0 Å². The summed E-state index contributed by atoms with van der Waals surface area (Å²) in [5, 5.41) is 13.0. The zero-order valence-corrected chi connectivity index (χ0v) is 22.5. The van der Waals surface area contributed by atoms with Crippen LogP contribution in [0, 0.1) is 0 Å². The van der Waals surface area contributed by atoms with Crippen molar-refractivity contribution in [3.63, 3.8) is 0 Å². The third kappa shape index (κ3) is 5.15. The van der Waals surface area contributed by atoms with Gasteiger partial charge in [0.25, 0.3) is 0 Å². The summed E-state index contributed by atoms with van der Waals surface area (Å²) in [4.78, 5) is 23.4. The number of aromatic nitrogens is 1. The highest BCUT2D eigenvalue weighted by molar-refractivity contribution is 6.42. The zero-order valence-electron chi connectivity index (χ0n) is 20.2. The maximum absolute atomic E-state index is 13.6. The maximum Gasteiger partial charge on any atom is 0.199 e. The van der Waals surface area contributed by atoms with E-state index >= 15 is 0 Å². The van der Waals surface area contributed by atoms with E-state index in [-0.39, 0.29) is 11.3 Å². The van der Waals surface area contributed by atoms with E-state index in [2.05, 4.69) is 16.8 Å². The predicted molar refractivity (Wildman–Crippen MR) is 148 cm³/mol. The molecule has 2 heterocycles. The van der Waals surface area contributed by atoms with Gasteiger partial charge in [-0.1, -0.05) is 40.9 Å². The van der Waals surface area contributed by atoms with Gasteiger partial charge in [0.05, 0.1) is 32.2 Å². The number of fused-ring (bicyclic) bond motifs is 2. The van der Waals surface area contributed by atoms with Crippen LogP contribution in [0.3, 0.4) is 0 Å². The Morgan fingerprint density at radius 3 is 2.53 bits per heavy atom. The average Bonchev–Trinajstić information content (AvgIpc) is 2.87. The van der Waals surface area contributed by atoms with Crippen LogP contribution in [0.5, 0.6) is 0 Å². The molecule has 3 aromatic rings. The average molecular weight is 548 g/mol. The number of likely N-dealkylation sites (N-methyl/N-ethyl adjacent to an activating group) is 1. The Balaban J connectivity index is 1.50. The molecule has 5 rings (SSSR count). The standard InChI is InChI=1S/C27H29Cl3N4O2/c1-32-9-11-33(12-10-32)8-2-7-31-23-14-18(17-3-5-21(29)22(30)13-17)15-25-26(23)27(35)20-16-19(28)4-6-24(20)34(25)36/h3-6,13,16,18,36H,2,7-12,14-15H2,1H3. The molecule has 36 heavy (non-hydrogen) atoms. The van der Waals surface area contributed by atoms with Crippen LogP contribution in [0.15, 0.2) is 46.2 Å². The Morgan fingerprint density at radius 2 is 1.78 bits per heavy atom. The topological polar surface area (TPSA) is 61.1 Å². The molecule has 190 valence electrons. The summed E-state index contributed by atoms with van der Waals surface area (Å²) >= 11 is 18.7. The second-order valence-electron chi connectivity index (χ2n) is 9.73. The van der Waals surface area contributed by atoms with Crippen molar-refractivity contribution in [1.82, 2.24) is 14.5 Å². The Kier molecular flexibility index (Phi) is 7.61. The number of hydrogen-bond donors (Lipinski definition) is 1. The molecule has 1 fully saturated rings. The first-order chi connectivity index (χ1) is 17.3. The lowest BCUT2D eigenvalue weighted by molar-refractivity contribution is 0.153. The van der Waals surface area contributed by atoms with Crippen LogP contribution >= 0.6 is 34.8 Å². The molecule has 1 atom stereocenters. The van der Waals surface area contributed by atoms with Crippen LogP contribution in [0.4, 0.5) is 0 Å². The van der Waals surface area contributed by atoms with Gasteiger partial charge in [0.1, 0.15) is 0 Å². The fourth-order valence-electron chi connectivity index (χ4n) is 5.24.